The third kappa shape index (κ3) is 3.32. The standard InChI is InChI=1S/C22H26FN3O/c1-15-11-18(17-5-4-6-19(23)13-17)9-10-26(15)14-16-7-8-20-21(12-16)25(3)22(27)24(20)2/h4-8,12-13,15,18H,9-11,14H2,1-3H3. The Kier molecular flexibility index (Phi) is 4.64. The Bertz CT molecular complexity index is 1040. The number of aromatic nitrogens is 2. The van der Waals surface area contributed by atoms with Gasteiger partial charge in [-0.25, -0.2) is 9.18 Å². The highest BCUT2D eigenvalue weighted by Crippen LogP contribution is 2.32. The summed E-state index contributed by atoms with van der Waals surface area (Å²) in [5.74, 6) is 0.272. The third-order valence-corrected chi connectivity index (χ3v) is 6.06. The fraction of sp³-hybridized carbons (Fsp3) is 0.409. The topological polar surface area (TPSA) is 30.2 Å². The van der Waals surface area contributed by atoms with Crippen molar-refractivity contribution in [3.8, 4) is 0 Å². The van der Waals surface area contributed by atoms with Gasteiger partial charge < -0.3 is 0 Å². The SMILES string of the molecule is CC1CC(c2cccc(F)c2)CCN1Cc1ccc2c(c1)n(C)c(=O)n2C. The normalized spacial score (nSPS) is 21.0. The van der Waals surface area contributed by atoms with Crippen LogP contribution in [0, 0.1) is 5.82 Å². The first kappa shape index (κ1) is 18.0. The van der Waals surface area contributed by atoms with Crippen molar-refractivity contribution in [2.75, 3.05) is 6.54 Å². The fourth-order valence-electron chi connectivity index (χ4n) is 4.40. The molecule has 0 amide bonds. The van der Waals surface area contributed by atoms with Crippen LogP contribution in [0.5, 0.6) is 0 Å². The summed E-state index contributed by atoms with van der Waals surface area (Å²) in [6, 6.07) is 13.8. The van der Waals surface area contributed by atoms with Crippen molar-refractivity contribution in [2.24, 2.45) is 14.1 Å². The molecule has 0 aliphatic carbocycles. The molecule has 3 aromatic rings. The average molecular weight is 367 g/mol. The number of rotatable bonds is 3. The summed E-state index contributed by atoms with van der Waals surface area (Å²) in [7, 11) is 3.63. The molecule has 4 nitrogen and oxygen atoms in total. The van der Waals surface area contributed by atoms with Crippen molar-refractivity contribution in [3.05, 3.63) is 69.9 Å². The highest BCUT2D eigenvalue weighted by atomic mass is 19.1. The maximum atomic E-state index is 13.5. The van der Waals surface area contributed by atoms with Crippen LogP contribution in [0.3, 0.4) is 0 Å². The van der Waals surface area contributed by atoms with Crippen molar-refractivity contribution in [1.29, 1.82) is 0 Å². The lowest BCUT2D eigenvalue weighted by atomic mass is 9.85. The molecule has 0 N–H and O–H groups in total. The first-order valence-corrected chi connectivity index (χ1v) is 9.58. The number of likely N-dealkylation sites (tertiary alicyclic amines) is 1. The summed E-state index contributed by atoms with van der Waals surface area (Å²) in [6.45, 7) is 4.12. The number of benzene rings is 2. The van der Waals surface area contributed by atoms with E-state index in [0.717, 1.165) is 42.5 Å². The molecule has 2 atom stereocenters. The zero-order valence-corrected chi connectivity index (χ0v) is 16.2. The summed E-state index contributed by atoms with van der Waals surface area (Å²) in [5.41, 5.74) is 4.28. The monoisotopic (exact) mass is 367 g/mol. The fourth-order valence-corrected chi connectivity index (χ4v) is 4.40. The number of hydrogen-bond acceptors (Lipinski definition) is 2. The molecule has 1 fully saturated rings. The maximum Gasteiger partial charge on any atom is 0.328 e. The van der Waals surface area contributed by atoms with Crippen LogP contribution in [-0.4, -0.2) is 26.6 Å². The molecule has 2 heterocycles. The second-order valence-electron chi connectivity index (χ2n) is 7.82. The Labute approximate surface area is 158 Å². The predicted octanol–water partition coefficient (Wildman–Crippen LogP) is 3.78. The minimum atomic E-state index is -0.149. The van der Waals surface area contributed by atoms with Gasteiger partial charge in [0.05, 0.1) is 11.0 Å². The Morgan fingerprint density at radius 2 is 1.85 bits per heavy atom. The summed E-state index contributed by atoms with van der Waals surface area (Å²) >= 11 is 0. The van der Waals surface area contributed by atoms with E-state index < -0.39 is 0 Å². The minimum Gasteiger partial charge on any atom is -0.296 e. The summed E-state index contributed by atoms with van der Waals surface area (Å²) in [5, 5.41) is 0. The van der Waals surface area contributed by atoms with Gasteiger partial charge in [0.25, 0.3) is 0 Å². The van der Waals surface area contributed by atoms with Gasteiger partial charge in [0.15, 0.2) is 0 Å². The third-order valence-electron chi connectivity index (χ3n) is 6.06. The van der Waals surface area contributed by atoms with Crippen LogP contribution in [0.25, 0.3) is 11.0 Å². The van der Waals surface area contributed by atoms with Gasteiger partial charge in [-0.05, 0) is 67.6 Å². The van der Waals surface area contributed by atoms with Crippen LogP contribution in [0.2, 0.25) is 0 Å². The number of imidazole rings is 1. The zero-order valence-electron chi connectivity index (χ0n) is 16.2. The molecule has 0 spiro atoms. The largest absolute Gasteiger partial charge is 0.328 e. The Balaban J connectivity index is 1.50. The molecule has 5 heteroatoms. The van der Waals surface area contributed by atoms with Crippen LogP contribution in [0.15, 0.2) is 47.3 Å². The zero-order chi connectivity index (χ0) is 19.1. The average Bonchev–Trinajstić information content (AvgIpc) is 2.87. The van der Waals surface area contributed by atoms with Crippen LogP contribution in [0.1, 0.15) is 36.8 Å². The smallest absolute Gasteiger partial charge is 0.296 e. The second-order valence-corrected chi connectivity index (χ2v) is 7.82. The number of piperidine rings is 1. The summed E-state index contributed by atoms with van der Waals surface area (Å²) < 4.78 is 16.9. The molecule has 1 saturated heterocycles. The number of halogens is 1. The molecule has 27 heavy (non-hydrogen) atoms. The Hall–Kier alpha value is -2.40. The molecule has 1 aromatic heterocycles. The van der Waals surface area contributed by atoms with E-state index in [1.54, 1.807) is 21.3 Å². The van der Waals surface area contributed by atoms with Gasteiger partial charge in [-0.15, -0.1) is 0 Å². The molecular weight excluding hydrogens is 341 g/mol. The quantitative estimate of drug-likeness (QED) is 0.705. The van der Waals surface area contributed by atoms with Crippen molar-refractivity contribution in [1.82, 2.24) is 14.0 Å². The van der Waals surface area contributed by atoms with Crippen LogP contribution in [0.4, 0.5) is 4.39 Å². The van der Waals surface area contributed by atoms with E-state index in [9.17, 15) is 9.18 Å². The predicted molar refractivity (Wildman–Crippen MR) is 106 cm³/mol. The van der Waals surface area contributed by atoms with Crippen molar-refractivity contribution < 1.29 is 4.39 Å². The van der Waals surface area contributed by atoms with Crippen molar-refractivity contribution >= 4 is 11.0 Å². The molecule has 0 saturated carbocycles. The molecule has 1 aliphatic rings. The van der Waals surface area contributed by atoms with Crippen molar-refractivity contribution in [2.45, 2.75) is 38.3 Å². The van der Waals surface area contributed by atoms with Crippen LogP contribution < -0.4 is 5.69 Å². The molecule has 0 radical (unpaired) electrons. The summed E-state index contributed by atoms with van der Waals surface area (Å²) in [4.78, 5) is 14.6. The van der Waals surface area contributed by atoms with Crippen LogP contribution >= 0.6 is 0 Å². The lowest BCUT2D eigenvalue weighted by Gasteiger charge is -2.38. The highest BCUT2D eigenvalue weighted by Gasteiger charge is 2.26. The molecule has 142 valence electrons. The Morgan fingerprint density at radius 1 is 1.07 bits per heavy atom. The molecular formula is C22H26FN3O. The summed E-state index contributed by atoms with van der Waals surface area (Å²) in [6.07, 6.45) is 2.08. The van der Waals surface area contributed by atoms with Gasteiger partial charge in [-0.1, -0.05) is 18.2 Å². The maximum absolute atomic E-state index is 13.5. The first-order chi connectivity index (χ1) is 12.9. The second kappa shape index (κ2) is 6.97. The van der Waals surface area contributed by atoms with E-state index >= 15 is 0 Å². The van der Waals surface area contributed by atoms with Crippen molar-refractivity contribution in [3.63, 3.8) is 0 Å². The lowest BCUT2D eigenvalue weighted by Crippen LogP contribution is -2.39. The number of aryl methyl sites for hydroxylation is 2. The molecule has 1 aliphatic heterocycles. The first-order valence-electron chi connectivity index (χ1n) is 9.58. The van der Waals surface area contributed by atoms with E-state index in [1.165, 1.54) is 11.6 Å². The molecule has 2 unspecified atom stereocenters. The lowest BCUT2D eigenvalue weighted by molar-refractivity contribution is 0.138. The van der Waals surface area contributed by atoms with Gasteiger partial charge in [-0.2, -0.15) is 0 Å². The number of hydrogen-bond donors (Lipinski definition) is 0. The van der Waals surface area contributed by atoms with E-state index in [-0.39, 0.29) is 11.5 Å². The van der Waals surface area contributed by atoms with Gasteiger partial charge in [0, 0.05) is 26.7 Å². The number of fused-ring (bicyclic) bond motifs is 1. The molecule has 2 aromatic carbocycles. The van der Waals surface area contributed by atoms with Gasteiger partial charge in [-0.3, -0.25) is 14.0 Å². The number of nitrogens with zero attached hydrogens (tertiary/aromatic N) is 3. The van der Waals surface area contributed by atoms with Crippen LogP contribution in [-0.2, 0) is 20.6 Å². The highest BCUT2D eigenvalue weighted by molar-refractivity contribution is 5.76. The molecule has 4 rings (SSSR count). The van der Waals surface area contributed by atoms with Gasteiger partial charge in [0.2, 0.25) is 0 Å². The molecule has 0 bridgehead atoms. The minimum absolute atomic E-state index is 0.00595. The van der Waals surface area contributed by atoms with Gasteiger partial charge in [0.1, 0.15) is 5.82 Å². The van der Waals surface area contributed by atoms with E-state index in [1.807, 2.05) is 26.2 Å². The van der Waals surface area contributed by atoms with Gasteiger partial charge >= 0.3 is 5.69 Å². The van der Waals surface area contributed by atoms with E-state index in [2.05, 4.69) is 24.0 Å². The Morgan fingerprint density at radius 3 is 2.59 bits per heavy atom. The van der Waals surface area contributed by atoms with E-state index in [4.69, 9.17) is 0 Å². The van der Waals surface area contributed by atoms with E-state index in [0.29, 0.717) is 12.0 Å².